The molecule has 0 radical (unpaired) electrons. The third-order valence-corrected chi connectivity index (χ3v) is 5.06. The molecule has 0 saturated heterocycles. The van der Waals surface area contributed by atoms with Gasteiger partial charge in [-0.2, -0.15) is 0 Å². The summed E-state index contributed by atoms with van der Waals surface area (Å²) in [4.78, 5) is 2.55. The molecule has 0 aromatic rings. The zero-order valence-corrected chi connectivity index (χ0v) is 17.2. The van der Waals surface area contributed by atoms with Gasteiger partial charge >= 0.3 is 0 Å². The largest absolute Gasteiger partial charge is 0.493 e. The van der Waals surface area contributed by atoms with Crippen LogP contribution in [0.4, 0.5) is 0 Å². The number of rotatable bonds is 8. The van der Waals surface area contributed by atoms with Crippen LogP contribution in [0.15, 0.2) is 36.6 Å². The molecular weight excluding hydrogens is 397 g/mol. The Hall–Kier alpha value is -0.290. The molecule has 3 heteroatoms. The van der Waals surface area contributed by atoms with Gasteiger partial charge in [-0.1, -0.05) is 45.3 Å². The standard InChI is InChI=1S/C20H33NO.HI/c1-4-14-21(19-8-6-5-7-9-19)15-16-22-20-12-10-18(11-13-20)17(2)3;/h4,10,12-13,17-19H,1,5-9,11,14-16H2,2-3H3;1H. The van der Waals surface area contributed by atoms with Crippen molar-refractivity contribution in [1.82, 2.24) is 4.90 Å². The highest BCUT2D eigenvalue weighted by molar-refractivity contribution is 14.0. The van der Waals surface area contributed by atoms with Gasteiger partial charge in [-0.05, 0) is 43.3 Å². The Morgan fingerprint density at radius 2 is 2.04 bits per heavy atom. The first kappa shape index (κ1) is 20.8. The van der Waals surface area contributed by atoms with Gasteiger partial charge in [-0.3, -0.25) is 4.90 Å². The maximum atomic E-state index is 5.98. The zero-order chi connectivity index (χ0) is 15.8. The lowest BCUT2D eigenvalue weighted by Gasteiger charge is -2.33. The maximum absolute atomic E-state index is 5.98. The Kier molecular flexibility index (Phi) is 10.2. The molecule has 0 spiro atoms. The fourth-order valence-corrected chi connectivity index (χ4v) is 3.53. The molecule has 23 heavy (non-hydrogen) atoms. The van der Waals surface area contributed by atoms with Gasteiger partial charge in [-0.25, -0.2) is 0 Å². The number of hydrogen-bond donors (Lipinski definition) is 0. The van der Waals surface area contributed by atoms with E-state index in [2.05, 4.69) is 43.6 Å². The summed E-state index contributed by atoms with van der Waals surface area (Å²) in [5.74, 6) is 2.44. The van der Waals surface area contributed by atoms with Crippen LogP contribution >= 0.6 is 24.0 Å². The van der Waals surface area contributed by atoms with Crippen LogP contribution in [0.3, 0.4) is 0 Å². The van der Waals surface area contributed by atoms with E-state index < -0.39 is 0 Å². The Labute approximate surface area is 160 Å². The molecule has 1 atom stereocenters. The molecule has 2 aliphatic carbocycles. The molecule has 0 bridgehead atoms. The summed E-state index contributed by atoms with van der Waals surface area (Å²) < 4.78 is 5.98. The van der Waals surface area contributed by atoms with E-state index in [1.165, 1.54) is 32.1 Å². The van der Waals surface area contributed by atoms with Crippen LogP contribution in [0.1, 0.15) is 52.4 Å². The Morgan fingerprint density at radius 3 is 2.61 bits per heavy atom. The number of allylic oxidation sites excluding steroid dienone is 3. The van der Waals surface area contributed by atoms with E-state index in [0.717, 1.165) is 37.9 Å². The minimum absolute atomic E-state index is 0. The van der Waals surface area contributed by atoms with Gasteiger partial charge in [0.25, 0.3) is 0 Å². The Morgan fingerprint density at radius 1 is 1.30 bits per heavy atom. The maximum Gasteiger partial charge on any atom is 0.115 e. The van der Waals surface area contributed by atoms with Gasteiger partial charge in [0.2, 0.25) is 0 Å². The summed E-state index contributed by atoms with van der Waals surface area (Å²) in [6.45, 7) is 11.3. The van der Waals surface area contributed by atoms with Crippen LogP contribution in [0.25, 0.3) is 0 Å². The predicted octanol–water partition coefficient (Wildman–Crippen LogP) is 5.56. The van der Waals surface area contributed by atoms with E-state index in [1.54, 1.807) is 0 Å². The SMILES string of the molecule is C=CCN(CCOC1=CCC(C(C)C)C=C1)C1CCCCC1.I. The van der Waals surface area contributed by atoms with Gasteiger partial charge in [0.05, 0.1) is 0 Å². The predicted molar refractivity (Wildman–Crippen MR) is 110 cm³/mol. The van der Waals surface area contributed by atoms with Crippen LogP contribution in [0.2, 0.25) is 0 Å². The summed E-state index contributed by atoms with van der Waals surface area (Å²) in [6.07, 6.45) is 16.7. The van der Waals surface area contributed by atoms with Gasteiger partial charge in [0.15, 0.2) is 0 Å². The molecule has 0 N–H and O–H groups in total. The molecule has 0 aliphatic heterocycles. The Balaban J connectivity index is 0.00000264. The highest BCUT2D eigenvalue weighted by Crippen LogP contribution is 2.24. The van der Waals surface area contributed by atoms with Crippen molar-refractivity contribution in [2.45, 2.75) is 58.4 Å². The van der Waals surface area contributed by atoms with Crippen LogP contribution in [-0.2, 0) is 4.74 Å². The van der Waals surface area contributed by atoms with Crippen molar-refractivity contribution < 1.29 is 4.74 Å². The molecule has 2 nitrogen and oxygen atoms in total. The van der Waals surface area contributed by atoms with Crippen molar-refractivity contribution in [3.05, 3.63) is 36.6 Å². The van der Waals surface area contributed by atoms with Crippen LogP contribution in [0.5, 0.6) is 0 Å². The van der Waals surface area contributed by atoms with Crippen molar-refractivity contribution in [2.75, 3.05) is 19.7 Å². The molecule has 0 heterocycles. The van der Waals surface area contributed by atoms with Crippen molar-refractivity contribution in [1.29, 1.82) is 0 Å². The first-order valence-corrected chi connectivity index (χ1v) is 9.06. The van der Waals surface area contributed by atoms with Crippen molar-refractivity contribution in [2.24, 2.45) is 11.8 Å². The first-order valence-electron chi connectivity index (χ1n) is 9.06. The summed E-state index contributed by atoms with van der Waals surface area (Å²) in [7, 11) is 0. The minimum Gasteiger partial charge on any atom is -0.493 e. The molecule has 2 aliphatic rings. The fraction of sp³-hybridized carbons (Fsp3) is 0.700. The van der Waals surface area contributed by atoms with E-state index >= 15 is 0 Å². The van der Waals surface area contributed by atoms with Crippen LogP contribution < -0.4 is 0 Å². The lowest BCUT2D eigenvalue weighted by Crippen LogP contribution is -2.39. The molecule has 0 amide bonds. The monoisotopic (exact) mass is 431 g/mol. The smallest absolute Gasteiger partial charge is 0.115 e. The van der Waals surface area contributed by atoms with Crippen LogP contribution in [0, 0.1) is 11.8 Å². The first-order chi connectivity index (χ1) is 10.7. The van der Waals surface area contributed by atoms with Crippen molar-refractivity contribution in [3.63, 3.8) is 0 Å². The van der Waals surface area contributed by atoms with Gasteiger partial charge in [0.1, 0.15) is 12.4 Å². The van der Waals surface area contributed by atoms with Gasteiger partial charge < -0.3 is 4.74 Å². The van der Waals surface area contributed by atoms with Crippen LogP contribution in [-0.4, -0.2) is 30.6 Å². The molecular formula is C20H34INO. The lowest BCUT2D eigenvalue weighted by molar-refractivity contribution is 0.120. The third kappa shape index (κ3) is 7.00. The topological polar surface area (TPSA) is 12.5 Å². The second kappa shape index (κ2) is 11.3. The van der Waals surface area contributed by atoms with E-state index in [0.29, 0.717) is 11.8 Å². The molecule has 0 aromatic carbocycles. The summed E-state index contributed by atoms with van der Waals surface area (Å²) in [6, 6.07) is 0.733. The normalized spacial score (nSPS) is 21.9. The van der Waals surface area contributed by atoms with Crippen molar-refractivity contribution in [3.8, 4) is 0 Å². The molecule has 1 unspecified atom stereocenters. The third-order valence-electron chi connectivity index (χ3n) is 5.06. The zero-order valence-electron chi connectivity index (χ0n) is 14.9. The van der Waals surface area contributed by atoms with Crippen molar-refractivity contribution >= 4 is 24.0 Å². The lowest BCUT2D eigenvalue weighted by atomic mass is 9.89. The number of hydrogen-bond acceptors (Lipinski definition) is 2. The second-order valence-corrected chi connectivity index (χ2v) is 7.03. The van der Waals surface area contributed by atoms with E-state index in [4.69, 9.17) is 4.74 Å². The highest BCUT2D eigenvalue weighted by Gasteiger charge is 2.20. The summed E-state index contributed by atoms with van der Waals surface area (Å²) >= 11 is 0. The average Bonchev–Trinajstić information content (AvgIpc) is 2.55. The fourth-order valence-electron chi connectivity index (χ4n) is 3.53. The van der Waals surface area contributed by atoms with E-state index in [1.807, 2.05) is 6.08 Å². The van der Waals surface area contributed by atoms with E-state index in [-0.39, 0.29) is 24.0 Å². The quantitative estimate of drug-likeness (QED) is 0.369. The molecule has 2 rings (SSSR count). The minimum atomic E-state index is 0. The molecule has 0 aromatic heterocycles. The van der Waals surface area contributed by atoms with Gasteiger partial charge in [-0.15, -0.1) is 30.6 Å². The second-order valence-electron chi connectivity index (χ2n) is 7.03. The highest BCUT2D eigenvalue weighted by atomic mass is 127. The summed E-state index contributed by atoms with van der Waals surface area (Å²) in [5.41, 5.74) is 0. The number of halogens is 1. The Bertz CT molecular complexity index is 396. The number of ether oxygens (including phenoxy) is 1. The average molecular weight is 431 g/mol. The molecule has 132 valence electrons. The molecule has 1 saturated carbocycles. The number of nitrogens with zero attached hydrogens (tertiary/aromatic N) is 1. The molecule has 1 fully saturated rings. The van der Waals surface area contributed by atoms with Gasteiger partial charge in [0, 0.05) is 19.1 Å². The van der Waals surface area contributed by atoms with E-state index in [9.17, 15) is 0 Å². The summed E-state index contributed by atoms with van der Waals surface area (Å²) in [5, 5.41) is 0.